The van der Waals surface area contributed by atoms with Gasteiger partial charge in [-0.1, -0.05) is 0 Å². The van der Waals surface area contributed by atoms with Crippen LogP contribution in [0.5, 0.6) is 0 Å². The van der Waals surface area contributed by atoms with Gasteiger partial charge in [0, 0.05) is 12.7 Å². The van der Waals surface area contributed by atoms with Gasteiger partial charge in [0.15, 0.2) is 0 Å². The minimum atomic E-state index is -3.61. The van der Waals surface area contributed by atoms with Gasteiger partial charge in [0.2, 0.25) is 10.0 Å². The summed E-state index contributed by atoms with van der Waals surface area (Å²) >= 11 is 0. The molecule has 1 N–H and O–H groups in total. The molecule has 1 aromatic heterocycles. The second kappa shape index (κ2) is 7.15. The molecule has 0 radical (unpaired) electrons. The van der Waals surface area contributed by atoms with Gasteiger partial charge in [0.25, 0.3) is 0 Å². The Bertz CT molecular complexity index is 533. The van der Waals surface area contributed by atoms with Crippen molar-refractivity contribution in [2.45, 2.75) is 19.9 Å². The van der Waals surface area contributed by atoms with E-state index < -0.39 is 21.8 Å². The van der Waals surface area contributed by atoms with E-state index in [2.05, 4.69) is 14.4 Å². The zero-order chi connectivity index (χ0) is 14.3. The van der Waals surface area contributed by atoms with Crippen molar-refractivity contribution in [1.29, 1.82) is 0 Å². The second-order valence-electron chi connectivity index (χ2n) is 3.71. The number of esters is 1. The highest BCUT2D eigenvalue weighted by atomic mass is 32.2. The van der Waals surface area contributed by atoms with E-state index in [1.54, 1.807) is 6.92 Å². The number of carbonyl (C=O) groups is 1. The smallest absolute Gasteiger partial charge is 0.306 e. The van der Waals surface area contributed by atoms with E-state index in [4.69, 9.17) is 0 Å². The van der Waals surface area contributed by atoms with Crippen LogP contribution in [0.4, 0.5) is 4.39 Å². The third kappa shape index (κ3) is 6.25. The number of hydrogen-bond donors (Lipinski definition) is 1. The SMILES string of the molecule is CCOC(=O)CCS(=O)(=O)NCc1cncc(F)c1. The van der Waals surface area contributed by atoms with Crippen molar-refractivity contribution in [3.8, 4) is 0 Å². The summed E-state index contributed by atoms with van der Waals surface area (Å²) in [6.07, 6.45) is 2.17. The summed E-state index contributed by atoms with van der Waals surface area (Å²) in [5, 5.41) is 0. The van der Waals surface area contributed by atoms with Crippen LogP contribution in [0.1, 0.15) is 18.9 Å². The predicted octanol–water partition coefficient (Wildman–Crippen LogP) is 0.593. The van der Waals surface area contributed by atoms with Gasteiger partial charge < -0.3 is 4.74 Å². The first-order valence-electron chi connectivity index (χ1n) is 5.65. The molecule has 8 heteroatoms. The first kappa shape index (κ1) is 15.5. The molecule has 0 fully saturated rings. The summed E-state index contributed by atoms with van der Waals surface area (Å²) in [6.45, 7) is 1.78. The summed E-state index contributed by atoms with van der Waals surface area (Å²) in [4.78, 5) is 14.6. The van der Waals surface area contributed by atoms with E-state index in [1.165, 1.54) is 12.3 Å². The Hall–Kier alpha value is -1.54. The monoisotopic (exact) mass is 290 g/mol. The standard InChI is InChI=1S/C11H15FN2O4S/c1-2-18-11(15)3-4-19(16,17)14-7-9-5-10(12)8-13-6-9/h5-6,8,14H,2-4,7H2,1H3. The average molecular weight is 290 g/mol. The Labute approximate surface area is 111 Å². The maximum Gasteiger partial charge on any atom is 0.306 e. The molecule has 19 heavy (non-hydrogen) atoms. The number of hydrogen-bond acceptors (Lipinski definition) is 5. The van der Waals surface area contributed by atoms with Crippen molar-refractivity contribution in [3.05, 3.63) is 29.8 Å². The van der Waals surface area contributed by atoms with E-state index in [0.29, 0.717) is 5.56 Å². The van der Waals surface area contributed by atoms with Gasteiger partial charge in [-0.15, -0.1) is 0 Å². The van der Waals surface area contributed by atoms with Gasteiger partial charge in [0.1, 0.15) is 5.82 Å². The van der Waals surface area contributed by atoms with Crippen LogP contribution >= 0.6 is 0 Å². The summed E-state index contributed by atoms with van der Waals surface area (Å²) in [7, 11) is -3.61. The number of halogens is 1. The Morgan fingerprint density at radius 3 is 2.84 bits per heavy atom. The molecule has 0 atom stereocenters. The highest BCUT2D eigenvalue weighted by molar-refractivity contribution is 7.89. The molecule has 0 aliphatic rings. The molecular weight excluding hydrogens is 275 g/mol. The van der Waals surface area contributed by atoms with Crippen LogP contribution in [0, 0.1) is 5.82 Å². The van der Waals surface area contributed by atoms with Gasteiger partial charge in [-0.05, 0) is 18.6 Å². The molecule has 1 heterocycles. The number of rotatable bonds is 7. The molecule has 0 saturated carbocycles. The van der Waals surface area contributed by atoms with Crippen LogP contribution in [0.2, 0.25) is 0 Å². The molecule has 0 aliphatic heterocycles. The fourth-order valence-electron chi connectivity index (χ4n) is 1.27. The number of aromatic nitrogens is 1. The maximum absolute atomic E-state index is 12.8. The molecule has 0 amide bonds. The molecule has 1 rings (SSSR count). The number of pyridine rings is 1. The van der Waals surface area contributed by atoms with Gasteiger partial charge in [-0.3, -0.25) is 9.78 Å². The predicted molar refractivity (Wildman–Crippen MR) is 66.1 cm³/mol. The zero-order valence-corrected chi connectivity index (χ0v) is 11.2. The quantitative estimate of drug-likeness (QED) is 0.743. The Kier molecular flexibility index (Phi) is 5.84. The van der Waals surface area contributed by atoms with Crippen LogP contribution < -0.4 is 4.72 Å². The summed E-state index contributed by atoms with van der Waals surface area (Å²) in [6, 6.07) is 1.18. The van der Waals surface area contributed by atoms with Crippen LogP contribution in [0.3, 0.4) is 0 Å². The Balaban J connectivity index is 2.45. The molecule has 0 spiro atoms. The van der Waals surface area contributed by atoms with Crippen molar-refractivity contribution < 1.29 is 22.3 Å². The van der Waals surface area contributed by atoms with E-state index in [1.807, 2.05) is 0 Å². The molecule has 0 aromatic carbocycles. The summed E-state index contributed by atoms with van der Waals surface area (Å²) in [5.74, 6) is -1.47. The zero-order valence-electron chi connectivity index (χ0n) is 10.4. The largest absolute Gasteiger partial charge is 0.466 e. The minimum Gasteiger partial charge on any atom is -0.466 e. The molecule has 0 aliphatic carbocycles. The van der Waals surface area contributed by atoms with Crippen molar-refractivity contribution in [2.24, 2.45) is 0 Å². The van der Waals surface area contributed by atoms with Crippen molar-refractivity contribution >= 4 is 16.0 Å². The number of carbonyl (C=O) groups excluding carboxylic acids is 1. The van der Waals surface area contributed by atoms with Crippen LogP contribution in [0.15, 0.2) is 18.5 Å². The van der Waals surface area contributed by atoms with Crippen LogP contribution in [0.25, 0.3) is 0 Å². The maximum atomic E-state index is 12.8. The molecule has 1 aromatic rings. The number of nitrogens with one attached hydrogen (secondary N) is 1. The third-order valence-electron chi connectivity index (χ3n) is 2.14. The molecule has 0 bridgehead atoms. The number of nitrogens with zero attached hydrogens (tertiary/aromatic N) is 1. The van der Waals surface area contributed by atoms with Crippen molar-refractivity contribution in [1.82, 2.24) is 9.71 Å². The van der Waals surface area contributed by atoms with E-state index in [0.717, 1.165) is 6.20 Å². The van der Waals surface area contributed by atoms with Crippen molar-refractivity contribution in [2.75, 3.05) is 12.4 Å². The third-order valence-corrected chi connectivity index (χ3v) is 3.46. The van der Waals surface area contributed by atoms with E-state index in [-0.39, 0.29) is 25.3 Å². The Morgan fingerprint density at radius 1 is 1.47 bits per heavy atom. The highest BCUT2D eigenvalue weighted by Crippen LogP contribution is 2.02. The normalized spacial score (nSPS) is 11.3. The van der Waals surface area contributed by atoms with Gasteiger partial charge >= 0.3 is 5.97 Å². The lowest BCUT2D eigenvalue weighted by Gasteiger charge is -2.06. The van der Waals surface area contributed by atoms with Gasteiger partial charge in [-0.2, -0.15) is 0 Å². The molecule has 6 nitrogen and oxygen atoms in total. The molecule has 106 valence electrons. The average Bonchev–Trinajstić information content (AvgIpc) is 2.35. The number of sulfonamides is 1. The van der Waals surface area contributed by atoms with Gasteiger partial charge in [0.05, 0.1) is 25.0 Å². The lowest BCUT2D eigenvalue weighted by molar-refractivity contribution is -0.142. The molecule has 0 saturated heterocycles. The fourth-order valence-corrected chi connectivity index (χ4v) is 2.24. The van der Waals surface area contributed by atoms with E-state index >= 15 is 0 Å². The van der Waals surface area contributed by atoms with Crippen LogP contribution in [-0.4, -0.2) is 31.7 Å². The lowest BCUT2D eigenvalue weighted by atomic mass is 10.3. The van der Waals surface area contributed by atoms with E-state index in [9.17, 15) is 17.6 Å². The van der Waals surface area contributed by atoms with Gasteiger partial charge in [-0.25, -0.2) is 17.5 Å². The van der Waals surface area contributed by atoms with Crippen molar-refractivity contribution in [3.63, 3.8) is 0 Å². The topological polar surface area (TPSA) is 85.4 Å². The number of ether oxygens (including phenoxy) is 1. The minimum absolute atomic E-state index is 0.0735. The Morgan fingerprint density at radius 2 is 2.21 bits per heavy atom. The second-order valence-corrected chi connectivity index (χ2v) is 5.63. The lowest BCUT2D eigenvalue weighted by Crippen LogP contribution is -2.27. The summed E-state index contributed by atoms with van der Waals surface area (Å²) in [5.41, 5.74) is 0.403. The fraction of sp³-hybridized carbons (Fsp3) is 0.455. The first-order chi connectivity index (χ1) is 8.93. The summed E-state index contributed by atoms with van der Waals surface area (Å²) < 4.78 is 42.8. The highest BCUT2D eigenvalue weighted by Gasteiger charge is 2.13. The van der Waals surface area contributed by atoms with Crippen LogP contribution in [-0.2, 0) is 26.1 Å². The molecular formula is C11H15FN2O4S. The molecule has 0 unspecified atom stereocenters. The first-order valence-corrected chi connectivity index (χ1v) is 7.30.